The maximum atomic E-state index is 11.5. The lowest BCUT2D eigenvalue weighted by molar-refractivity contribution is -0.140. The van der Waals surface area contributed by atoms with E-state index in [4.69, 9.17) is 26.6 Å². The summed E-state index contributed by atoms with van der Waals surface area (Å²) in [6.45, 7) is -0.702. The number of carboxylic acids is 1. The molecule has 19 heavy (non-hydrogen) atoms. The van der Waals surface area contributed by atoms with Crippen molar-refractivity contribution in [2.45, 2.75) is 6.04 Å². The Morgan fingerprint density at radius 3 is 2.68 bits per heavy atom. The number of urea groups is 1. The molecule has 0 fully saturated rings. The Hall–Kier alpha value is -1.99. The van der Waals surface area contributed by atoms with Crippen molar-refractivity contribution in [3.63, 3.8) is 0 Å². The highest BCUT2D eigenvalue weighted by atomic mass is 35.5. The summed E-state index contributed by atoms with van der Waals surface area (Å²) in [6, 6.07) is 2.41. The molecule has 0 saturated carbocycles. The minimum atomic E-state index is -1.37. The molecule has 7 nitrogen and oxygen atoms in total. The molecule has 0 spiro atoms. The molecule has 0 saturated heterocycles. The van der Waals surface area contributed by atoms with Crippen molar-refractivity contribution >= 4 is 29.3 Å². The van der Waals surface area contributed by atoms with Crippen molar-refractivity contribution in [1.82, 2.24) is 5.32 Å². The number of benzene rings is 1. The van der Waals surface area contributed by atoms with Crippen LogP contribution < -0.4 is 15.4 Å². The molecule has 0 aliphatic rings. The Labute approximate surface area is 114 Å². The number of methoxy groups -OCH3 is 1. The molecule has 0 heterocycles. The highest BCUT2D eigenvalue weighted by Crippen LogP contribution is 2.27. The van der Waals surface area contributed by atoms with Crippen LogP contribution in [0.1, 0.15) is 0 Å². The number of amides is 2. The van der Waals surface area contributed by atoms with E-state index < -0.39 is 24.6 Å². The standard InChI is InChI=1S/C11H13ClN2O5/c1-19-9-4-6(2-3-7(9)12)13-11(18)14-8(5-15)10(16)17/h2-4,8,15H,5H2,1H3,(H,16,17)(H2,13,14,18)/t8-/m1/s1. The number of nitrogens with one attached hydrogen (secondary N) is 2. The fraction of sp³-hybridized carbons (Fsp3) is 0.273. The maximum Gasteiger partial charge on any atom is 0.328 e. The summed E-state index contributed by atoms with van der Waals surface area (Å²) in [5.41, 5.74) is 0.376. The number of hydrogen-bond acceptors (Lipinski definition) is 4. The normalized spacial score (nSPS) is 11.5. The zero-order valence-corrected chi connectivity index (χ0v) is 10.8. The molecule has 0 radical (unpaired) electrons. The first-order valence-electron chi connectivity index (χ1n) is 5.22. The van der Waals surface area contributed by atoms with E-state index in [1.54, 1.807) is 0 Å². The zero-order valence-electron chi connectivity index (χ0n) is 10.0. The summed E-state index contributed by atoms with van der Waals surface area (Å²) >= 11 is 5.82. The molecule has 1 rings (SSSR count). The largest absolute Gasteiger partial charge is 0.495 e. The van der Waals surface area contributed by atoms with E-state index in [1.807, 2.05) is 0 Å². The summed E-state index contributed by atoms with van der Waals surface area (Å²) in [4.78, 5) is 22.1. The molecule has 0 aliphatic heterocycles. The summed E-state index contributed by atoms with van der Waals surface area (Å²) in [5.74, 6) is -0.956. The predicted molar refractivity (Wildman–Crippen MR) is 68.7 cm³/mol. The van der Waals surface area contributed by atoms with E-state index in [9.17, 15) is 9.59 Å². The number of rotatable bonds is 5. The summed E-state index contributed by atoms with van der Waals surface area (Å²) < 4.78 is 4.97. The number of carbonyl (C=O) groups is 2. The number of aliphatic carboxylic acids is 1. The third kappa shape index (κ3) is 4.31. The topological polar surface area (TPSA) is 108 Å². The van der Waals surface area contributed by atoms with Gasteiger partial charge in [0.1, 0.15) is 5.75 Å². The SMILES string of the molecule is COc1cc(NC(=O)N[C@H](CO)C(=O)O)ccc1Cl. The molecule has 1 atom stereocenters. The summed E-state index contributed by atoms with van der Waals surface area (Å²) in [7, 11) is 1.43. The Morgan fingerprint density at radius 1 is 1.47 bits per heavy atom. The van der Waals surface area contributed by atoms with Crippen molar-refractivity contribution in [1.29, 1.82) is 0 Å². The van der Waals surface area contributed by atoms with Gasteiger partial charge in [-0.1, -0.05) is 11.6 Å². The third-order valence-electron chi connectivity index (χ3n) is 2.19. The molecule has 0 aromatic heterocycles. The van der Waals surface area contributed by atoms with Gasteiger partial charge in [-0.25, -0.2) is 9.59 Å². The molecule has 2 amide bonds. The molecular formula is C11H13ClN2O5. The lowest BCUT2D eigenvalue weighted by Gasteiger charge is -2.13. The third-order valence-corrected chi connectivity index (χ3v) is 2.51. The van der Waals surface area contributed by atoms with Gasteiger partial charge in [0.15, 0.2) is 6.04 Å². The summed E-state index contributed by atoms with van der Waals surface area (Å²) in [5, 5.41) is 22.3. The lowest BCUT2D eigenvalue weighted by Crippen LogP contribution is -2.45. The van der Waals surface area contributed by atoms with E-state index in [0.717, 1.165) is 0 Å². The number of halogens is 1. The van der Waals surface area contributed by atoms with Gasteiger partial charge >= 0.3 is 12.0 Å². The number of aliphatic hydroxyl groups is 1. The molecule has 0 bridgehead atoms. The van der Waals surface area contributed by atoms with Gasteiger partial charge in [-0.3, -0.25) is 0 Å². The van der Waals surface area contributed by atoms with Crippen LogP contribution in [0, 0.1) is 0 Å². The van der Waals surface area contributed by atoms with Gasteiger partial charge in [0.2, 0.25) is 0 Å². The monoisotopic (exact) mass is 288 g/mol. The molecule has 0 unspecified atom stereocenters. The number of anilines is 1. The molecule has 1 aromatic rings. The maximum absolute atomic E-state index is 11.5. The molecule has 8 heteroatoms. The molecular weight excluding hydrogens is 276 g/mol. The lowest BCUT2D eigenvalue weighted by atomic mass is 10.3. The van der Waals surface area contributed by atoms with Crippen LogP contribution in [0.25, 0.3) is 0 Å². The van der Waals surface area contributed by atoms with Gasteiger partial charge < -0.3 is 25.6 Å². The van der Waals surface area contributed by atoms with Crippen molar-refractivity contribution in [3.8, 4) is 5.75 Å². The molecule has 104 valence electrons. The Bertz CT molecular complexity index is 480. The average Bonchev–Trinajstić information content (AvgIpc) is 2.37. The first-order chi connectivity index (χ1) is 8.97. The quantitative estimate of drug-likeness (QED) is 0.644. The Kier molecular flexibility index (Phi) is 5.40. The predicted octanol–water partition coefficient (Wildman–Crippen LogP) is 0.916. The van der Waals surface area contributed by atoms with Crippen LogP contribution in [0.3, 0.4) is 0 Å². The minimum Gasteiger partial charge on any atom is -0.495 e. The minimum absolute atomic E-state index is 0.372. The Morgan fingerprint density at radius 2 is 2.16 bits per heavy atom. The second kappa shape index (κ2) is 6.81. The summed E-state index contributed by atoms with van der Waals surface area (Å²) in [6.07, 6.45) is 0. The van der Waals surface area contributed by atoms with Crippen LogP contribution in [-0.2, 0) is 4.79 Å². The smallest absolute Gasteiger partial charge is 0.328 e. The fourth-order valence-corrected chi connectivity index (χ4v) is 1.44. The second-order valence-electron chi connectivity index (χ2n) is 3.52. The van der Waals surface area contributed by atoms with E-state index in [1.165, 1.54) is 25.3 Å². The van der Waals surface area contributed by atoms with E-state index in [0.29, 0.717) is 16.5 Å². The number of hydrogen-bond donors (Lipinski definition) is 4. The van der Waals surface area contributed by atoms with Crippen molar-refractivity contribution in [2.24, 2.45) is 0 Å². The first kappa shape index (κ1) is 15.1. The van der Waals surface area contributed by atoms with Crippen molar-refractivity contribution in [2.75, 3.05) is 19.0 Å². The highest BCUT2D eigenvalue weighted by Gasteiger charge is 2.18. The second-order valence-corrected chi connectivity index (χ2v) is 3.93. The van der Waals surface area contributed by atoms with Gasteiger partial charge in [0.05, 0.1) is 18.7 Å². The number of aliphatic hydroxyl groups excluding tert-OH is 1. The fourth-order valence-electron chi connectivity index (χ4n) is 1.25. The van der Waals surface area contributed by atoms with Crippen LogP contribution in [0.15, 0.2) is 18.2 Å². The number of carbonyl (C=O) groups excluding carboxylic acids is 1. The van der Waals surface area contributed by atoms with Gasteiger partial charge in [-0.05, 0) is 12.1 Å². The first-order valence-corrected chi connectivity index (χ1v) is 5.60. The average molecular weight is 289 g/mol. The van der Waals surface area contributed by atoms with Gasteiger partial charge in [0.25, 0.3) is 0 Å². The van der Waals surface area contributed by atoms with Crippen molar-refractivity contribution < 1.29 is 24.5 Å². The van der Waals surface area contributed by atoms with Gasteiger partial charge in [-0.2, -0.15) is 0 Å². The number of carboxylic acid groups (broad SMARTS) is 1. The highest BCUT2D eigenvalue weighted by molar-refractivity contribution is 6.32. The van der Waals surface area contributed by atoms with E-state index in [-0.39, 0.29) is 0 Å². The van der Waals surface area contributed by atoms with E-state index >= 15 is 0 Å². The zero-order chi connectivity index (χ0) is 14.4. The van der Waals surface area contributed by atoms with Crippen LogP contribution in [0.2, 0.25) is 5.02 Å². The van der Waals surface area contributed by atoms with Gasteiger partial charge in [0, 0.05) is 11.8 Å². The van der Waals surface area contributed by atoms with Crippen LogP contribution in [0.4, 0.5) is 10.5 Å². The van der Waals surface area contributed by atoms with Crippen LogP contribution >= 0.6 is 11.6 Å². The van der Waals surface area contributed by atoms with Crippen LogP contribution in [-0.4, -0.2) is 42.0 Å². The molecule has 0 aliphatic carbocycles. The number of ether oxygens (including phenoxy) is 1. The Balaban J connectivity index is 2.69. The molecule has 1 aromatic carbocycles. The van der Waals surface area contributed by atoms with E-state index in [2.05, 4.69) is 10.6 Å². The van der Waals surface area contributed by atoms with Crippen molar-refractivity contribution in [3.05, 3.63) is 23.2 Å². The van der Waals surface area contributed by atoms with Crippen LogP contribution in [0.5, 0.6) is 5.75 Å². The molecule has 4 N–H and O–H groups in total. The van der Waals surface area contributed by atoms with Gasteiger partial charge in [-0.15, -0.1) is 0 Å².